The highest BCUT2D eigenvalue weighted by molar-refractivity contribution is 9.10. The number of hydrogen-bond donors (Lipinski definition) is 0. The zero-order valence-electron chi connectivity index (χ0n) is 10.6. The summed E-state index contributed by atoms with van der Waals surface area (Å²) < 4.78 is 15.9. The fraction of sp³-hybridized carbons (Fsp3) is 0.0667. The van der Waals surface area contributed by atoms with Crippen LogP contribution in [-0.4, -0.2) is 9.78 Å². The number of aromatic nitrogens is 2. The Morgan fingerprint density at radius 2 is 2.05 bits per heavy atom. The van der Waals surface area contributed by atoms with Crippen LogP contribution in [0.25, 0.3) is 22.0 Å². The van der Waals surface area contributed by atoms with Gasteiger partial charge >= 0.3 is 0 Å². The highest BCUT2D eigenvalue weighted by Crippen LogP contribution is 2.34. The van der Waals surface area contributed by atoms with E-state index in [1.807, 2.05) is 12.1 Å². The van der Waals surface area contributed by atoms with Gasteiger partial charge in [-0.15, -0.1) is 0 Å². The largest absolute Gasteiger partial charge is 0.267 e. The minimum atomic E-state index is -0.352. The number of benzene rings is 2. The second-order valence-electron chi connectivity index (χ2n) is 4.43. The maximum absolute atomic E-state index is 13.4. The fourth-order valence-corrected chi connectivity index (χ4v) is 2.89. The van der Waals surface area contributed by atoms with Gasteiger partial charge in [0.25, 0.3) is 0 Å². The molecule has 0 radical (unpaired) electrons. The number of halogens is 2. The van der Waals surface area contributed by atoms with Crippen molar-refractivity contribution in [3.05, 3.63) is 52.4 Å². The summed E-state index contributed by atoms with van der Waals surface area (Å²) in [6.45, 7) is 0. The first kappa shape index (κ1) is 12.8. The molecule has 0 spiro atoms. The average Bonchev–Trinajstić information content (AvgIpc) is 2.77. The second kappa shape index (κ2) is 4.73. The Morgan fingerprint density at radius 1 is 1.30 bits per heavy atom. The molecule has 1 heterocycles. The lowest BCUT2D eigenvalue weighted by Crippen LogP contribution is -1.96. The van der Waals surface area contributed by atoms with Crippen LogP contribution in [0.1, 0.15) is 5.56 Å². The Morgan fingerprint density at radius 3 is 2.70 bits per heavy atom. The smallest absolute Gasteiger partial charge is 0.123 e. The maximum atomic E-state index is 13.4. The summed E-state index contributed by atoms with van der Waals surface area (Å²) in [6.07, 6.45) is 1.67. The van der Waals surface area contributed by atoms with Gasteiger partial charge in [0.1, 0.15) is 11.9 Å². The first-order chi connectivity index (χ1) is 9.61. The van der Waals surface area contributed by atoms with Gasteiger partial charge in [0.15, 0.2) is 0 Å². The van der Waals surface area contributed by atoms with Crippen LogP contribution in [0, 0.1) is 17.1 Å². The number of nitrogens with zero attached hydrogens (tertiary/aromatic N) is 3. The van der Waals surface area contributed by atoms with E-state index in [4.69, 9.17) is 0 Å². The van der Waals surface area contributed by atoms with Crippen molar-refractivity contribution in [2.24, 2.45) is 7.05 Å². The molecule has 0 N–H and O–H groups in total. The molecule has 0 aliphatic rings. The molecule has 98 valence electrons. The summed E-state index contributed by atoms with van der Waals surface area (Å²) in [7, 11) is 1.80. The van der Waals surface area contributed by atoms with Crippen molar-refractivity contribution in [1.29, 1.82) is 5.26 Å². The third kappa shape index (κ3) is 1.89. The normalized spacial score (nSPS) is 10.7. The third-order valence-corrected chi connectivity index (χ3v) is 3.82. The van der Waals surface area contributed by atoms with Crippen LogP contribution < -0.4 is 0 Å². The maximum Gasteiger partial charge on any atom is 0.123 e. The summed E-state index contributed by atoms with van der Waals surface area (Å²) in [5, 5.41) is 15.1. The van der Waals surface area contributed by atoms with Crippen molar-refractivity contribution in [2.75, 3.05) is 0 Å². The van der Waals surface area contributed by atoms with Gasteiger partial charge in [0.2, 0.25) is 0 Å². The Balaban J connectivity index is 2.41. The van der Waals surface area contributed by atoms with Crippen molar-refractivity contribution < 1.29 is 4.39 Å². The summed E-state index contributed by atoms with van der Waals surface area (Å²) in [5.41, 5.74) is 1.98. The SMILES string of the molecule is Cn1ncc(Br)c1-c1ccc2ccc(F)cc2c1C#N. The zero-order chi connectivity index (χ0) is 14.3. The van der Waals surface area contributed by atoms with E-state index in [2.05, 4.69) is 27.1 Å². The highest BCUT2D eigenvalue weighted by Gasteiger charge is 2.15. The van der Waals surface area contributed by atoms with E-state index in [1.165, 1.54) is 12.1 Å². The molecule has 2 aromatic carbocycles. The molecule has 20 heavy (non-hydrogen) atoms. The van der Waals surface area contributed by atoms with Crippen molar-refractivity contribution in [1.82, 2.24) is 9.78 Å². The first-order valence-corrected chi connectivity index (χ1v) is 6.71. The van der Waals surface area contributed by atoms with Gasteiger partial charge in [0.05, 0.1) is 21.9 Å². The number of fused-ring (bicyclic) bond motifs is 1. The topological polar surface area (TPSA) is 41.6 Å². The van der Waals surface area contributed by atoms with E-state index >= 15 is 0 Å². The van der Waals surface area contributed by atoms with Crippen molar-refractivity contribution >= 4 is 26.7 Å². The Bertz CT molecular complexity index is 842. The minimum absolute atomic E-state index is 0.352. The van der Waals surface area contributed by atoms with Gasteiger partial charge < -0.3 is 0 Å². The van der Waals surface area contributed by atoms with Gasteiger partial charge in [-0.1, -0.05) is 18.2 Å². The molecule has 0 fully saturated rings. The van der Waals surface area contributed by atoms with Crippen molar-refractivity contribution in [2.45, 2.75) is 0 Å². The molecule has 0 aliphatic carbocycles. The van der Waals surface area contributed by atoms with Gasteiger partial charge in [-0.05, 0) is 33.4 Å². The predicted molar refractivity (Wildman–Crippen MR) is 78.5 cm³/mol. The lowest BCUT2D eigenvalue weighted by atomic mass is 9.97. The molecule has 3 nitrogen and oxygen atoms in total. The van der Waals surface area contributed by atoms with E-state index in [-0.39, 0.29) is 5.82 Å². The van der Waals surface area contributed by atoms with E-state index in [0.29, 0.717) is 10.9 Å². The Labute approximate surface area is 123 Å². The van der Waals surface area contributed by atoms with E-state index < -0.39 is 0 Å². The minimum Gasteiger partial charge on any atom is -0.267 e. The Hall–Kier alpha value is -2.19. The van der Waals surface area contributed by atoms with Crippen molar-refractivity contribution in [3.8, 4) is 17.3 Å². The van der Waals surface area contributed by atoms with E-state index in [1.54, 1.807) is 24.0 Å². The standard InChI is InChI=1S/C15H9BrFN3/c1-20-15(14(16)8-19-20)11-5-3-9-2-4-10(17)6-12(9)13(11)7-18/h2-6,8H,1H3. The van der Waals surface area contributed by atoms with Gasteiger partial charge in [-0.2, -0.15) is 10.4 Å². The van der Waals surface area contributed by atoms with Crippen molar-refractivity contribution in [3.63, 3.8) is 0 Å². The molecular formula is C15H9BrFN3. The molecule has 3 aromatic rings. The van der Waals surface area contributed by atoms with Crippen LogP contribution in [0.15, 0.2) is 41.0 Å². The molecule has 1 aromatic heterocycles. The molecule has 0 saturated heterocycles. The summed E-state index contributed by atoms with van der Waals surface area (Å²) in [4.78, 5) is 0. The highest BCUT2D eigenvalue weighted by atomic mass is 79.9. The molecule has 0 bridgehead atoms. The molecule has 5 heteroatoms. The van der Waals surface area contributed by atoms with Gasteiger partial charge in [0, 0.05) is 18.0 Å². The number of nitriles is 1. The van der Waals surface area contributed by atoms with Gasteiger partial charge in [-0.25, -0.2) is 4.39 Å². The van der Waals surface area contributed by atoms with Crippen LogP contribution in [-0.2, 0) is 7.05 Å². The van der Waals surface area contributed by atoms with Crippen LogP contribution in [0.2, 0.25) is 0 Å². The van der Waals surface area contributed by atoms with Crippen LogP contribution in [0.3, 0.4) is 0 Å². The molecule has 0 amide bonds. The molecule has 0 atom stereocenters. The molecule has 0 aliphatic heterocycles. The summed E-state index contributed by atoms with van der Waals surface area (Å²) in [6, 6.07) is 10.4. The lowest BCUT2D eigenvalue weighted by Gasteiger charge is -2.09. The monoisotopic (exact) mass is 329 g/mol. The summed E-state index contributed by atoms with van der Waals surface area (Å²) in [5.74, 6) is -0.352. The quantitative estimate of drug-likeness (QED) is 0.676. The predicted octanol–water partition coefficient (Wildman–Crippen LogP) is 4.01. The summed E-state index contributed by atoms with van der Waals surface area (Å²) >= 11 is 3.43. The van der Waals surface area contributed by atoms with E-state index in [9.17, 15) is 9.65 Å². The molecular weight excluding hydrogens is 321 g/mol. The number of rotatable bonds is 1. The number of aryl methyl sites for hydroxylation is 1. The average molecular weight is 330 g/mol. The van der Waals surface area contributed by atoms with Gasteiger partial charge in [-0.3, -0.25) is 4.68 Å². The molecule has 3 rings (SSSR count). The fourth-order valence-electron chi connectivity index (χ4n) is 2.32. The third-order valence-electron chi connectivity index (χ3n) is 3.24. The van der Waals surface area contributed by atoms with Crippen LogP contribution in [0.5, 0.6) is 0 Å². The zero-order valence-corrected chi connectivity index (χ0v) is 12.1. The van der Waals surface area contributed by atoms with Crippen LogP contribution in [0.4, 0.5) is 4.39 Å². The van der Waals surface area contributed by atoms with Crippen LogP contribution >= 0.6 is 15.9 Å². The molecule has 0 unspecified atom stereocenters. The molecule has 0 saturated carbocycles. The Kier molecular flexibility index (Phi) is 3.03. The van der Waals surface area contributed by atoms with E-state index in [0.717, 1.165) is 21.1 Å². The number of hydrogen-bond acceptors (Lipinski definition) is 2. The second-order valence-corrected chi connectivity index (χ2v) is 5.28. The lowest BCUT2D eigenvalue weighted by molar-refractivity contribution is 0.629. The first-order valence-electron chi connectivity index (χ1n) is 5.92.